The number of carbonyl (C=O) groups excluding carboxylic acids is 2. The quantitative estimate of drug-likeness (QED) is 0.813. The van der Waals surface area contributed by atoms with Crippen LogP contribution in [0.4, 0.5) is 4.79 Å². The van der Waals surface area contributed by atoms with Gasteiger partial charge >= 0.3 is 6.09 Å². The first-order valence-electron chi connectivity index (χ1n) is 8.63. The predicted octanol–water partition coefficient (Wildman–Crippen LogP) is 3.95. The van der Waals surface area contributed by atoms with Crippen LogP contribution in [0.15, 0.2) is 24.3 Å². The lowest BCUT2D eigenvalue weighted by Crippen LogP contribution is -2.47. The van der Waals surface area contributed by atoms with Crippen LogP contribution >= 0.6 is 11.6 Å². The van der Waals surface area contributed by atoms with Crippen molar-refractivity contribution in [2.45, 2.75) is 45.8 Å². The van der Waals surface area contributed by atoms with Gasteiger partial charge < -0.3 is 14.5 Å². The summed E-state index contributed by atoms with van der Waals surface area (Å²) in [7, 11) is 1.78. The summed E-state index contributed by atoms with van der Waals surface area (Å²) in [5.74, 6) is -0.165. The topological polar surface area (TPSA) is 49.9 Å². The van der Waals surface area contributed by atoms with Crippen molar-refractivity contribution >= 4 is 23.6 Å². The molecule has 0 radical (unpaired) electrons. The van der Waals surface area contributed by atoms with E-state index in [1.807, 2.05) is 45.0 Å². The molecule has 0 aliphatic carbocycles. The number of nitrogens with zero attached hydrogens (tertiary/aromatic N) is 2. The van der Waals surface area contributed by atoms with E-state index in [1.54, 1.807) is 16.8 Å². The van der Waals surface area contributed by atoms with Crippen molar-refractivity contribution in [2.24, 2.45) is 5.92 Å². The maximum Gasteiger partial charge on any atom is 0.410 e. The second-order valence-corrected chi connectivity index (χ2v) is 7.96. The summed E-state index contributed by atoms with van der Waals surface area (Å²) in [6.07, 6.45) is 1.24. The van der Waals surface area contributed by atoms with Gasteiger partial charge in [0.1, 0.15) is 5.60 Å². The highest BCUT2D eigenvalue weighted by Crippen LogP contribution is 2.23. The lowest BCUT2D eigenvalue weighted by Gasteiger charge is -2.35. The molecule has 1 fully saturated rings. The molecule has 0 aromatic heterocycles. The summed E-state index contributed by atoms with van der Waals surface area (Å²) in [5.41, 5.74) is 0.384. The van der Waals surface area contributed by atoms with Gasteiger partial charge in [0.05, 0.1) is 5.92 Å². The monoisotopic (exact) mass is 366 g/mol. The number of hydrogen-bond acceptors (Lipinski definition) is 3. The average Bonchev–Trinajstić information content (AvgIpc) is 2.54. The number of likely N-dealkylation sites (tertiary alicyclic amines) is 1. The highest BCUT2D eigenvalue weighted by Gasteiger charge is 2.32. The maximum absolute atomic E-state index is 12.8. The summed E-state index contributed by atoms with van der Waals surface area (Å²) < 4.78 is 5.42. The fourth-order valence-corrected chi connectivity index (χ4v) is 3.14. The van der Waals surface area contributed by atoms with E-state index in [-0.39, 0.29) is 17.9 Å². The van der Waals surface area contributed by atoms with Gasteiger partial charge in [0.2, 0.25) is 5.91 Å². The first-order chi connectivity index (χ1) is 11.7. The fraction of sp³-hybridized carbons (Fsp3) is 0.579. The van der Waals surface area contributed by atoms with Gasteiger partial charge in [-0.1, -0.05) is 29.8 Å². The molecule has 6 heteroatoms. The van der Waals surface area contributed by atoms with Crippen LogP contribution in [-0.4, -0.2) is 47.5 Å². The van der Waals surface area contributed by atoms with Gasteiger partial charge in [-0.3, -0.25) is 4.79 Å². The van der Waals surface area contributed by atoms with Crippen molar-refractivity contribution in [1.82, 2.24) is 9.80 Å². The molecular formula is C19H27ClN2O3. The molecule has 138 valence electrons. The van der Waals surface area contributed by atoms with E-state index in [0.29, 0.717) is 24.7 Å². The Balaban J connectivity index is 1.96. The standard InChI is InChI=1S/C19H27ClN2O3/c1-19(2,3)25-18(24)22-11-7-9-15(13-22)17(23)21(4)12-14-8-5-6-10-16(14)20/h5-6,8,10,15H,7,9,11-13H2,1-4H3/t15-/m0/s1. The Morgan fingerprint density at radius 3 is 2.64 bits per heavy atom. The van der Waals surface area contributed by atoms with Crippen LogP contribution in [0.3, 0.4) is 0 Å². The lowest BCUT2D eigenvalue weighted by atomic mass is 9.96. The Bertz CT molecular complexity index is 627. The Hall–Kier alpha value is -1.75. The van der Waals surface area contributed by atoms with E-state index in [2.05, 4.69) is 0 Å². The number of piperidine rings is 1. The minimum Gasteiger partial charge on any atom is -0.444 e. The van der Waals surface area contributed by atoms with Crippen LogP contribution in [0.25, 0.3) is 0 Å². The van der Waals surface area contributed by atoms with Crippen LogP contribution in [0.5, 0.6) is 0 Å². The number of amides is 2. The summed E-state index contributed by atoms with van der Waals surface area (Å²) in [4.78, 5) is 28.3. The number of ether oxygens (including phenoxy) is 1. The highest BCUT2D eigenvalue weighted by molar-refractivity contribution is 6.31. The molecule has 0 bridgehead atoms. The van der Waals surface area contributed by atoms with Crippen molar-refractivity contribution in [2.75, 3.05) is 20.1 Å². The van der Waals surface area contributed by atoms with E-state index in [1.165, 1.54) is 0 Å². The van der Waals surface area contributed by atoms with Gasteiger partial charge in [-0.2, -0.15) is 0 Å². The molecule has 0 unspecified atom stereocenters. The largest absolute Gasteiger partial charge is 0.444 e. The van der Waals surface area contributed by atoms with Crippen LogP contribution in [-0.2, 0) is 16.1 Å². The zero-order chi connectivity index (χ0) is 18.6. The Morgan fingerprint density at radius 2 is 2.00 bits per heavy atom. The van der Waals surface area contributed by atoms with Gasteiger partial charge in [-0.05, 0) is 45.2 Å². The maximum atomic E-state index is 12.8. The lowest BCUT2D eigenvalue weighted by molar-refractivity contribution is -0.136. The van der Waals surface area contributed by atoms with E-state index < -0.39 is 5.60 Å². The summed E-state index contributed by atoms with van der Waals surface area (Å²) in [6, 6.07) is 7.51. The van der Waals surface area contributed by atoms with Crippen LogP contribution < -0.4 is 0 Å². The summed E-state index contributed by atoms with van der Waals surface area (Å²) in [5, 5.41) is 0.654. The molecule has 1 heterocycles. The van der Waals surface area contributed by atoms with Gasteiger partial charge in [0.25, 0.3) is 0 Å². The molecule has 0 saturated carbocycles. The van der Waals surface area contributed by atoms with Gasteiger partial charge in [0.15, 0.2) is 0 Å². The molecule has 2 amide bonds. The molecule has 2 rings (SSSR count). The normalized spacial score (nSPS) is 18.0. The highest BCUT2D eigenvalue weighted by atomic mass is 35.5. The average molecular weight is 367 g/mol. The summed E-state index contributed by atoms with van der Waals surface area (Å²) in [6.45, 7) is 7.02. The molecule has 1 aromatic carbocycles. The van der Waals surface area contributed by atoms with E-state index in [9.17, 15) is 9.59 Å². The third-order valence-electron chi connectivity index (χ3n) is 4.16. The number of hydrogen-bond donors (Lipinski definition) is 0. The van der Waals surface area contributed by atoms with Gasteiger partial charge in [-0.15, -0.1) is 0 Å². The van der Waals surface area contributed by atoms with Crippen molar-refractivity contribution in [1.29, 1.82) is 0 Å². The van der Waals surface area contributed by atoms with E-state index >= 15 is 0 Å². The Labute approximate surface area is 154 Å². The number of halogens is 1. The van der Waals surface area contributed by atoms with E-state index in [0.717, 1.165) is 18.4 Å². The minimum absolute atomic E-state index is 0.0354. The SMILES string of the molecule is CN(Cc1ccccc1Cl)C(=O)[C@H]1CCCN(C(=O)OC(C)(C)C)C1. The van der Waals surface area contributed by atoms with Crippen LogP contribution in [0, 0.1) is 5.92 Å². The zero-order valence-corrected chi connectivity index (χ0v) is 16.2. The number of carbonyl (C=O) groups is 2. The number of benzene rings is 1. The first kappa shape index (κ1) is 19.6. The fourth-order valence-electron chi connectivity index (χ4n) is 2.94. The smallest absolute Gasteiger partial charge is 0.410 e. The van der Waals surface area contributed by atoms with Gasteiger partial charge in [0, 0.05) is 31.7 Å². The molecular weight excluding hydrogens is 340 g/mol. The molecule has 0 N–H and O–H groups in total. The Kier molecular flexibility index (Phi) is 6.33. The van der Waals surface area contributed by atoms with Crippen molar-refractivity contribution in [3.63, 3.8) is 0 Å². The molecule has 0 spiro atoms. The third-order valence-corrected chi connectivity index (χ3v) is 4.53. The second-order valence-electron chi connectivity index (χ2n) is 7.55. The molecule has 1 aromatic rings. The first-order valence-corrected chi connectivity index (χ1v) is 9.01. The third kappa shape index (κ3) is 5.63. The predicted molar refractivity (Wildman–Crippen MR) is 98.5 cm³/mol. The second kappa shape index (κ2) is 8.09. The van der Waals surface area contributed by atoms with Crippen molar-refractivity contribution in [3.05, 3.63) is 34.9 Å². The zero-order valence-electron chi connectivity index (χ0n) is 15.4. The Morgan fingerprint density at radius 1 is 1.32 bits per heavy atom. The molecule has 1 aliphatic rings. The number of rotatable bonds is 3. The molecule has 1 aliphatic heterocycles. The molecule has 5 nitrogen and oxygen atoms in total. The van der Waals surface area contributed by atoms with E-state index in [4.69, 9.17) is 16.3 Å². The molecule has 25 heavy (non-hydrogen) atoms. The minimum atomic E-state index is -0.533. The summed E-state index contributed by atoms with van der Waals surface area (Å²) >= 11 is 6.18. The van der Waals surface area contributed by atoms with Gasteiger partial charge in [-0.25, -0.2) is 4.79 Å². The van der Waals surface area contributed by atoms with Crippen LogP contribution in [0.1, 0.15) is 39.2 Å². The molecule has 1 saturated heterocycles. The van der Waals surface area contributed by atoms with Crippen LogP contribution in [0.2, 0.25) is 5.02 Å². The van der Waals surface area contributed by atoms with Crippen molar-refractivity contribution in [3.8, 4) is 0 Å². The molecule has 1 atom stereocenters. The van der Waals surface area contributed by atoms with Crippen molar-refractivity contribution < 1.29 is 14.3 Å².